The van der Waals surface area contributed by atoms with Crippen LogP contribution in [0, 0.1) is 5.82 Å². The Hall–Kier alpha value is -1.43. The van der Waals surface area contributed by atoms with Crippen LogP contribution in [0.5, 0.6) is 0 Å². The molecule has 0 bridgehead atoms. The van der Waals surface area contributed by atoms with Gasteiger partial charge in [-0.3, -0.25) is 9.59 Å². The quantitative estimate of drug-likeness (QED) is 0.900. The third kappa shape index (κ3) is 2.49. The summed E-state index contributed by atoms with van der Waals surface area (Å²) in [5, 5.41) is 2.55. The van der Waals surface area contributed by atoms with Crippen molar-refractivity contribution >= 4 is 27.7 Å². The second-order valence-electron chi connectivity index (χ2n) is 4.93. The summed E-state index contributed by atoms with van der Waals surface area (Å²) in [5.41, 5.74) is -0.308. The summed E-state index contributed by atoms with van der Waals surface area (Å²) in [6.45, 7) is 3.52. The highest BCUT2D eigenvalue weighted by Crippen LogP contribution is 2.26. The minimum Gasteiger partial charge on any atom is -0.345 e. The zero-order valence-electron chi connectivity index (χ0n) is 10.7. The van der Waals surface area contributed by atoms with Crippen LogP contribution in [0.3, 0.4) is 0 Å². The molecule has 2 amide bonds. The zero-order valence-corrected chi connectivity index (χ0v) is 12.3. The first-order valence-electron chi connectivity index (χ1n) is 5.85. The van der Waals surface area contributed by atoms with Crippen LogP contribution in [0.4, 0.5) is 4.39 Å². The van der Waals surface area contributed by atoms with E-state index in [9.17, 15) is 14.0 Å². The Labute approximate surface area is 119 Å². The average molecular weight is 329 g/mol. The van der Waals surface area contributed by atoms with Gasteiger partial charge in [0.2, 0.25) is 11.8 Å². The molecule has 0 spiro atoms. The van der Waals surface area contributed by atoms with Crippen molar-refractivity contribution in [1.29, 1.82) is 0 Å². The van der Waals surface area contributed by atoms with Crippen LogP contribution in [0.25, 0.3) is 0 Å². The van der Waals surface area contributed by atoms with Crippen LogP contribution < -0.4 is 5.32 Å². The van der Waals surface area contributed by atoms with Gasteiger partial charge in [-0.2, -0.15) is 0 Å². The summed E-state index contributed by atoms with van der Waals surface area (Å²) in [5.74, 6) is -0.774. The van der Waals surface area contributed by atoms with Crippen molar-refractivity contribution in [2.75, 3.05) is 6.54 Å². The van der Waals surface area contributed by atoms with E-state index < -0.39 is 5.54 Å². The molecule has 1 aliphatic heterocycles. The Balaban J connectivity index is 2.32. The fourth-order valence-corrected chi connectivity index (χ4v) is 2.42. The number of carbonyl (C=O) groups is 2. The van der Waals surface area contributed by atoms with E-state index in [0.29, 0.717) is 10.0 Å². The summed E-state index contributed by atoms with van der Waals surface area (Å²) in [6.07, 6.45) is 0. The lowest BCUT2D eigenvalue weighted by Crippen LogP contribution is -2.63. The fourth-order valence-electron chi connectivity index (χ4n) is 2.03. The Morgan fingerprint density at radius 1 is 1.42 bits per heavy atom. The second-order valence-corrected chi connectivity index (χ2v) is 5.73. The SMILES string of the molecule is CC1(C)C(=O)NCC(=O)N1Cc1cccc(F)c1Br. The van der Waals surface area contributed by atoms with E-state index in [4.69, 9.17) is 0 Å². The molecule has 0 aromatic heterocycles. The van der Waals surface area contributed by atoms with Gasteiger partial charge in [-0.1, -0.05) is 12.1 Å². The topological polar surface area (TPSA) is 49.4 Å². The maximum atomic E-state index is 13.5. The fraction of sp³-hybridized carbons (Fsp3) is 0.385. The number of hydrogen-bond donors (Lipinski definition) is 1. The Bertz CT molecular complexity index is 545. The van der Waals surface area contributed by atoms with Gasteiger partial charge in [0.1, 0.15) is 11.4 Å². The van der Waals surface area contributed by atoms with Crippen LogP contribution in [0.2, 0.25) is 0 Å². The second kappa shape index (κ2) is 4.92. The largest absolute Gasteiger partial charge is 0.345 e. The van der Waals surface area contributed by atoms with Crippen LogP contribution in [-0.4, -0.2) is 28.8 Å². The molecule has 1 N–H and O–H groups in total. The minimum absolute atomic E-state index is 0.0187. The molecular weight excluding hydrogens is 315 g/mol. The van der Waals surface area contributed by atoms with E-state index in [1.54, 1.807) is 26.0 Å². The van der Waals surface area contributed by atoms with Crippen LogP contribution in [0.15, 0.2) is 22.7 Å². The first-order chi connectivity index (χ1) is 8.84. The molecule has 0 atom stereocenters. The molecule has 1 aromatic rings. The lowest BCUT2D eigenvalue weighted by atomic mass is 9.97. The molecule has 1 saturated heterocycles. The highest BCUT2D eigenvalue weighted by molar-refractivity contribution is 9.10. The Kier molecular flexibility index (Phi) is 3.62. The van der Waals surface area contributed by atoms with E-state index in [1.165, 1.54) is 11.0 Å². The van der Waals surface area contributed by atoms with Gasteiger partial charge in [0.15, 0.2) is 0 Å². The van der Waals surface area contributed by atoms with E-state index in [2.05, 4.69) is 21.2 Å². The molecule has 1 heterocycles. The molecule has 0 aliphatic carbocycles. The van der Waals surface area contributed by atoms with Gasteiger partial charge in [0.05, 0.1) is 11.0 Å². The van der Waals surface area contributed by atoms with Gasteiger partial charge in [-0.25, -0.2) is 4.39 Å². The van der Waals surface area contributed by atoms with Crippen molar-refractivity contribution in [3.05, 3.63) is 34.1 Å². The average Bonchev–Trinajstić information content (AvgIpc) is 2.35. The van der Waals surface area contributed by atoms with Crippen LogP contribution in [-0.2, 0) is 16.1 Å². The molecule has 1 aromatic carbocycles. The van der Waals surface area contributed by atoms with E-state index in [0.717, 1.165) is 0 Å². The molecule has 4 nitrogen and oxygen atoms in total. The molecule has 0 saturated carbocycles. The van der Waals surface area contributed by atoms with Gasteiger partial charge in [-0.05, 0) is 41.4 Å². The highest BCUT2D eigenvalue weighted by atomic mass is 79.9. The van der Waals surface area contributed by atoms with E-state index in [-0.39, 0.29) is 30.7 Å². The standard InChI is InChI=1S/C13H14BrFN2O2/c1-13(2)12(19)16-6-10(18)17(13)7-8-4-3-5-9(15)11(8)14/h3-5H,6-7H2,1-2H3,(H,16,19). The van der Waals surface area contributed by atoms with Crippen LogP contribution >= 0.6 is 15.9 Å². The summed E-state index contributed by atoms with van der Waals surface area (Å²) in [6, 6.07) is 4.64. The molecule has 2 rings (SSSR count). The number of nitrogens with one attached hydrogen (secondary N) is 1. The molecule has 102 valence electrons. The zero-order chi connectivity index (χ0) is 14.2. The number of carbonyl (C=O) groups excluding carboxylic acids is 2. The number of nitrogens with zero attached hydrogens (tertiary/aromatic N) is 1. The normalized spacial score (nSPS) is 18.4. The summed E-state index contributed by atoms with van der Waals surface area (Å²) < 4.78 is 13.8. The van der Waals surface area contributed by atoms with Crippen molar-refractivity contribution in [1.82, 2.24) is 10.2 Å². The van der Waals surface area contributed by atoms with Crippen molar-refractivity contribution in [3.8, 4) is 0 Å². The smallest absolute Gasteiger partial charge is 0.245 e. The summed E-state index contributed by atoms with van der Waals surface area (Å²) in [7, 11) is 0. The molecule has 0 unspecified atom stereocenters. The molecule has 0 radical (unpaired) electrons. The minimum atomic E-state index is -0.943. The number of halogens is 2. The van der Waals surface area contributed by atoms with Gasteiger partial charge in [0, 0.05) is 6.54 Å². The summed E-state index contributed by atoms with van der Waals surface area (Å²) in [4.78, 5) is 25.2. The van der Waals surface area contributed by atoms with Crippen molar-refractivity contribution in [2.24, 2.45) is 0 Å². The van der Waals surface area contributed by atoms with Crippen molar-refractivity contribution in [2.45, 2.75) is 25.9 Å². The predicted molar refractivity (Wildman–Crippen MR) is 71.7 cm³/mol. The lowest BCUT2D eigenvalue weighted by Gasteiger charge is -2.41. The number of piperazine rings is 1. The van der Waals surface area contributed by atoms with Gasteiger partial charge in [-0.15, -0.1) is 0 Å². The number of amides is 2. The van der Waals surface area contributed by atoms with E-state index in [1.807, 2.05) is 0 Å². The van der Waals surface area contributed by atoms with E-state index >= 15 is 0 Å². The molecule has 1 aliphatic rings. The maximum absolute atomic E-state index is 13.5. The number of hydrogen-bond acceptors (Lipinski definition) is 2. The third-order valence-corrected chi connectivity index (χ3v) is 4.18. The molecule has 6 heteroatoms. The Morgan fingerprint density at radius 3 is 2.79 bits per heavy atom. The third-order valence-electron chi connectivity index (χ3n) is 3.29. The lowest BCUT2D eigenvalue weighted by molar-refractivity contribution is -0.152. The predicted octanol–water partition coefficient (Wildman–Crippen LogP) is 1.83. The Morgan fingerprint density at radius 2 is 2.11 bits per heavy atom. The molecule has 19 heavy (non-hydrogen) atoms. The highest BCUT2D eigenvalue weighted by Gasteiger charge is 2.41. The van der Waals surface area contributed by atoms with Crippen LogP contribution in [0.1, 0.15) is 19.4 Å². The molecular formula is C13H14BrFN2O2. The maximum Gasteiger partial charge on any atom is 0.245 e. The number of rotatable bonds is 2. The van der Waals surface area contributed by atoms with Gasteiger partial charge < -0.3 is 10.2 Å². The summed E-state index contributed by atoms with van der Waals surface area (Å²) >= 11 is 3.17. The number of benzene rings is 1. The molecule has 1 fully saturated rings. The van der Waals surface area contributed by atoms with Gasteiger partial charge >= 0.3 is 0 Å². The van der Waals surface area contributed by atoms with Crippen molar-refractivity contribution < 1.29 is 14.0 Å². The first-order valence-corrected chi connectivity index (χ1v) is 6.65. The first kappa shape index (κ1) is 14.0. The monoisotopic (exact) mass is 328 g/mol. The van der Waals surface area contributed by atoms with Crippen molar-refractivity contribution in [3.63, 3.8) is 0 Å². The van der Waals surface area contributed by atoms with Gasteiger partial charge in [0.25, 0.3) is 0 Å².